The van der Waals surface area contributed by atoms with E-state index in [1.807, 2.05) is 0 Å². The SMILES string of the molecule is O=P([O-])([O-])C(F)(F)P(=O)([O-])O.[Na+].[Na+].[Na+]. The minimum atomic E-state index is -6.65. The molecule has 0 aliphatic rings. The fourth-order valence-electron chi connectivity index (χ4n) is 0.155. The van der Waals surface area contributed by atoms with E-state index in [1.165, 1.54) is 0 Å². The van der Waals surface area contributed by atoms with Gasteiger partial charge in [-0.1, -0.05) is 0 Å². The van der Waals surface area contributed by atoms with E-state index in [2.05, 4.69) is 0 Å². The standard InChI is InChI=1S/CH4F2O6P2.3Na/c2-1(3,10(4,5)6)11(7,8)9;;;/h(H2,4,5,6)(H2,7,8,9);;;/q;3*+1/p-3. The van der Waals surface area contributed by atoms with Crippen molar-refractivity contribution in [1.29, 1.82) is 0 Å². The van der Waals surface area contributed by atoms with Crippen molar-refractivity contribution in [2.75, 3.05) is 0 Å². The first-order valence-corrected chi connectivity index (χ1v) is 5.06. The molecule has 1 unspecified atom stereocenters. The summed E-state index contributed by atoms with van der Waals surface area (Å²) in [5.41, 5.74) is 0. The smallest absolute Gasteiger partial charge is 0.806 e. The third kappa shape index (κ3) is 6.79. The van der Waals surface area contributed by atoms with Gasteiger partial charge in [-0.05, 0) is 0 Å². The fraction of sp³-hybridized carbons (Fsp3) is 1.00. The Labute approximate surface area is 144 Å². The summed E-state index contributed by atoms with van der Waals surface area (Å²) >= 11 is 0. The van der Waals surface area contributed by atoms with Crippen molar-refractivity contribution in [3.63, 3.8) is 0 Å². The van der Waals surface area contributed by atoms with E-state index in [1.54, 1.807) is 0 Å². The first-order chi connectivity index (χ1) is 4.50. The fourth-order valence-corrected chi connectivity index (χ4v) is 1.39. The molecule has 0 rings (SSSR count). The Bertz CT molecular complexity index is 221. The molecule has 0 aliphatic carbocycles. The van der Waals surface area contributed by atoms with Gasteiger partial charge < -0.3 is 28.7 Å². The number of rotatable bonds is 2. The predicted octanol–water partition coefficient (Wildman–Crippen LogP) is -11.0. The molecule has 0 fully saturated rings. The zero-order valence-corrected chi connectivity index (χ0v) is 15.4. The Morgan fingerprint density at radius 2 is 1.21 bits per heavy atom. The van der Waals surface area contributed by atoms with E-state index >= 15 is 0 Å². The second-order valence-electron chi connectivity index (χ2n) is 1.53. The molecule has 0 bridgehead atoms. The quantitative estimate of drug-likeness (QED) is 0.395. The van der Waals surface area contributed by atoms with Gasteiger partial charge in [0.05, 0.1) is 0 Å². The van der Waals surface area contributed by atoms with Crippen molar-refractivity contribution in [1.82, 2.24) is 0 Å². The average molecular weight is 278 g/mol. The Morgan fingerprint density at radius 1 is 1.00 bits per heavy atom. The topological polar surface area (TPSA) is 124 Å². The van der Waals surface area contributed by atoms with Crippen LogP contribution in [0, 0.1) is 0 Å². The van der Waals surface area contributed by atoms with E-state index in [0.29, 0.717) is 0 Å². The van der Waals surface area contributed by atoms with Gasteiger partial charge in [0.15, 0.2) is 0 Å². The van der Waals surface area contributed by atoms with Gasteiger partial charge in [-0.25, -0.2) is 0 Å². The maximum absolute atomic E-state index is 11.7. The summed E-state index contributed by atoms with van der Waals surface area (Å²) in [6, 6.07) is 0. The predicted molar refractivity (Wildman–Crippen MR) is 22.4 cm³/mol. The minimum absolute atomic E-state index is 0. The summed E-state index contributed by atoms with van der Waals surface area (Å²) < 4.78 is 42.5. The van der Waals surface area contributed by atoms with E-state index in [-0.39, 0.29) is 88.7 Å². The van der Waals surface area contributed by atoms with Gasteiger partial charge in [0.2, 0.25) is 7.60 Å². The van der Waals surface area contributed by atoms with E-state index in [9.17, 15) is 32.6 Å². The van der Waals surface area contributed by atoms with Crippen LogP contribution in [-0.2, 0) is 9.13 Å². The summed E-state index contributed by atoms with van der Waals surface area (Å²) in [6.07, 6.45) is 0. The Hall–Kier alpha value is 3.16. The van der Waals surface area contributed by atoms with Crippen LogP contribution in [0.25, 0.3) is 0 Å². The van der Waals surface area contributed by atoms with Crippen LogP contribution in [0.3, 0.4) is 0 Å². The van der Waals surface area contributed by atoms with Crippen molar-refractivity contribution < 1.29 is 126 Å². The Kier molecular flexibility index (Phi) is 15.3. The van der Waals surface area contributed by atoms with Crippen LogP contribution in [0.15, 0.2) is 0 Å². The molecular formula is CHF2Na3O6P2. The van der Waals surface area contributed by atoms with Crippen molar-refractivity contribution in [3.8, 4) is 0 Å². The summed E-state index contributed by atoms with van der Waals surface area (Å²) in [4.78, 5) is 36.1. The van der Waals surface area contributed by atoms with Gasteiger partial charge in [-0.15, -0.1) is 0 Å². The molecular weight excluding hydrogens is 277 g/mol. The number of halogens is 2. The molecule has 0 radical (unpaired) electrons. The average Bonchev–Trinajstić information content (AvgIpc) is 1.58. The van der Waals surface area contributed by atoms with Crippen LogP contribution in [0.5, 0.6) is 0 Å². The van der Waals surface area contributed by atoms with Crippen LogP contribution in [-0.4, -0.2) is 10.3 Å². The van der Waals surface area contributed by atoms with Crippen molar-refractivity contribution in [3.05, 3.63) is 0 Å². The zero-order valence-electron chi connectivity index (χ0n) is 7.64. The monoisotopic (exact) mass is 278 g/mol. The van der Waals surface area contributed by atoms with Gasteiger partial charge in [-0.3, -0.25) is 0 Å². The molecule has 6 nitrogen and oxygen atoms in total. The Balaban J connectivity index is -0.000000167. The van der Waals surface area contributed by atoms with Gasteiger partial charge in [-0.2, -0.15) is 8.78 Å². The molecule has 0 heterocycles. The van der Waals surface area contributed by atoms with Crippen LogP contribution in [0.2, 0.25) is 0 Å². The molecule has 0 aliphatic heterocycles. The van der Waals surface area contributed by atoms with E-state index in [4.69, 9.17) is 4.89 Å². The van der Waals surface area contributed by atoms with Gasteiger partial charge >= 0.3 is 94.1 Å². The summed E-state index contributed by atoms with van der Waals surface area (Å²) in [5.74, 6) is 0. The molecule has 0 aromatic rings. The van der Waals surface area contributed by atoms with E-state index < -0.39 is 20.6 Å². The summed E-state index contributed by atoms with van der Waals surface area (Å²) in [7, 11) is -13.1. The van der Waals surface area contributed by atoms with Gasteiger partial charge in [0, 0.05) is 7.60 Å². The molecule has 0 saturated carbocycles. The normalized spacial score (nSPS) is 15.3. The second kappa shape index (κ2) is 8.29. The van der Waals surface area contributed by atoms with E-state index in [0.717, 1.165) is 0 Å². The number of hydrogen-bond acceptors (Lipinski definition) is 5. The molecule has 1 atom stereocenters. The minimum Gasteiger partial charge on any atom is -0.806 e. The largest absolute Gasteiger partial charge is 1.00 e. The third-order valence-corrected chi connectivity index (χ3v) is 3.50. The number of alkyl halides is 2. The van der Waals surface area contributed by atoms with Crippen molar-refractivity contribution >= 4 is 15.2 Å². The summed E-state index contributed by atoms with van der Waals surface area (Å²) in [5, 5.41) is -5.63. The van der Waals surface area contributed by atoms with Crippen LogP contribution in [0.1, 0.15) is 0 Å². The van der Waals surface area contributed by atoms with Crippen molar-refractivity contribution in [2.45, 2.75) is 5.40 Å². The first kappa shape index (κ1) is 25.9. The molecule has 68 valence electrons. The molecule has 0 aromatic heterocycles. The van der Waals surface area contributed by atoms with Gasteiger partial charge in [0.25, 0.3) is 0 Å². The second-order valence-corrected chi connectivity index (χ2v) is 5.04. The molecule has 0 saturated heterocycles. The Morgan fingerprint density at radius 3 is 1.21 bits per heavy atom. The van der Waals surface area contributed by atoms with Crippen LogP contribution in [0.4, 0.5) is 8.78 Å². The maximum atomic E-state index is 11.7. The molecule has 0 amide bonds. The van der Waals surface area contributed by atoms with Crippen molar-refractivity contribution in [2.24, 2.45) is 0 Å². The molecule has 0 aromatic carbocycles. The zero-order chi connectivity index (χ0) is 9.50. The first-order valence-electron chi connectivity index (χ1n) is 1.94. The van der Waals surface area contributed by atoms with Crippen LogP contribution >= 0.6 is 15.2 Å². The molecule has 14 heavy (non-hydrogen) atoms. The van der Waals surface area contributed by atoms with Gasteiger partial charge in [0.1, 0.15) is 0 Å². The maximum Gasteiger partial charge on any atom is 1.00 e. The van der Waals surface area contributed by atoms with Crippen LogP contribution < -0.4 is 103 Å². The number of hydrogen-bond donors (Lipinski definition) is 1. The molecule has 1 N–H and O–H groups in total. The molecule has 13 heteroatoms. The third-order valence-electron chi connectivity index (χ3n) is 0.669. The molecule has 0 spiro atoms. The summed E-state index contributed by atoms with van der Waals surface area (Å²) in [6.45, 7) is 0.